The minimum absolute atomic E-state index is 0.295. The van der Waals surface area contributed by atoms with Gasteiger partial charge in [0.05, 0.1) is 13.2 Å². The fourth-order valence-electron chi connectivity index (χ4n) is 5.40. The van der Waals surface area contributed by atoms with Crippen LogP contribution in [0.25, 0.3) is 0 Å². The Kier molecular flexibility index (Phi) is 6.80. The molecule has 0 radical (unpaired) electrons. The topological polar surface area (TPSA) is 133 Å². The van der Waals surface area contributed by atoms with E-state index in [2.05, 4.69) is 0 Å². The van der Waals surface area contributed by atoms with Crippen molar-refractivity contribution >= 4 is 0 Å². The molecule has 12 nitrogen and oxygen atoms in total. The largest absolute Gasteiger partial charge is 0.387 e. The van der Waals surface area contributed by atoms with Crippen LogP contribution in [-0.2, 0) is 47.4 Å². The molecular weight excluding hydrogens is 480 g/mol. The van der Waals surface area contributed by atoms with E-state index in [0.717, 1.165) is 0 Å². The van der Waals surface area contributed by atoms with Crippen LogP contribution in [-0.4, -0.2) is 108 Å². The predicted octanol–water partition coefficient (Wildman–Crippen LogP) is 0.750. The first-order chi connectivity index (χ1) is 16.5. The van der Waals surface area contributed by atoms with Crippen molar-refractivity contribution in [3.8, 4) is 0 Å². The number of rotatable bonds is 2. The van der Waals surface area contributed by atoms with E-state index in [1.54, 1.807) is 27.7 Å². The summed E-state index contributed by atoms with van der Waals surface area (Å²) in [6, 6.07) is 0. The summed E-state index contributed by atoms with van der Waals surface area (Å²) in [7, 11) is 0. The summed E-state index contributed by atoms with van der Waals surface area (Å²) in [5.74, 6) is -2.69. The van der Waals surface area contributed by atoms with Crippen LogP contribution >= 0.6 is 0 Å². The Hall–Kier alpha value is -0.480. The van der Waals surface area contributed by atoms with Gasteiger partial charge in [-0.1, -0.05) is 0 Å². The fraction of sp³-hybridized carbons (Fsp3) is 1.00. The van der Waals surface area contributed by atoms with Gasteiger partial charge in [0.2, 0.25) is 0 Å². The first kappa shape index (κ1) is 27.1. The second kappa shape index (κ2) is 9.04. The van der Waals surface area contributed by atoms with Crippen LogP contribution in [0, 0.1) is 0 Å². The molecule has 0 aromatic carbocycles. The fourth-order valence-corrected chi connectivity index (χ4v) is 5.40. The van der Waals surface area contributed by atoms with Crippen LogP contribution in [0.5, 0.6) is 0 Å². The Morgan fingerprint density at radius 1 is 0.472 bits per heavy atom. The molecule has 0 aliphatic carbocycles. The van der Waals surface area contributed by atoms with Crippen molar-refractivity contribution in [2.45, 2.75) is 140 Å². The van der Waals surface area contributed by atoms with Crippen molar-refractivity contribution in [3.05, 3.63) is 0 Å². The molecule has 6 rings (SSSR count). The molecule has 0 saturated carbocycles. The molecule has 208 valence electrons. The minimum atomic E-state index is -0.765. The molecule has 6 saturated heterocycles. The van der Waals surface area contributed by atoms with Gasteiger partial charge in [0.15, 0.2) is 35.7 Å². The van der Waals surface area contributed by atoms with Gasteiger partial charge in [-0.2, -0.15) is 0 Å². The van der Waals surface area contributed by atoms with Crippen molar-refractivity contribution in [2.24, 2.45) is 0 Å². The highest BCUT2D eigenvalue weighted by Crippen LogP contribution is 2.42. The van der Waals surface area contributed by atoms with Gasteiger partial charge in [0, 0.05) is 0 Å². The zero-order chi connectivity index (χ0) is 26.3. The van der Waals surface area contributed by atoms with Crippen LogP contribution in [0.15, 0.2) is 0 Å². The molecule has 6 aliphatic heterocycles. The lowest BCUT2D eigenvalue weighted by Crippen LogP contribution is -2.42. The van der Waals surface area contributed by atoms with E-state index in [4.69, 9.17) is 47.4 Å². The Balaban J connectivity index is 0.000000148. The number of fused-ring (bicyclic) bond motifs is 2. The maximum Gasteiger partial charge on any atom is 0.190 e. The van der Waals surface area contributed by atoms with Gasteiger partial charge in [-0.15, -0.1) is 0 Å². The van der Waals surface area contributed by atoms with Gasteiger partial charge in [-0.25, -0.2) is 0 Å². The summed E-state index contributed by atoms with van der Waals surface area (Å²) in [5, 5.41) is 20.5. The molecule has 2 N–H and O–H groups in total. The summed E-state index contributed by atoms with van der Waals surface area (Å²) in [6.07, 6.45) is -5.06. The highest BCUT2D eigenvalue weighted by Gasteiger charge is 2.59. The summed E-state index contributed by atoms with van der Waals surface area (Å²) in [6.45, 7) is 15.4. The third kappa shape index (κ3) is 5.33. The van der Waals surface area contributed by atoms with E-state index >= 15 is 0 Å². The third-order valence-electron chi connectivity index (χ3n) is 6.90. The van der Waals surface area contributed by atoms with Crippen molar-refractivity contribution in [3.63, 3.8) is 0 Å². The van der Waals surface area contributed by atoms with Crippen LogP contribution in [0.4, 0.5) is 0 Å². The molecule has 0 aromatic rings. The molecule has 0 spiro atoms. The van der Waals surface area contributed by atoms with E-state index < -0.39 is 72.4 Å². The monoisotopic (exact) mass is 520 g/mol. The van der Waals surface area contributed by atoms with Crippen LogP contribution < -0.4 is 0 Å². The Morgan fingerprint density at radius 3 is 1.11 bits per heavy atom. The zero-order valence-corrected chi connectivity index (χ0v) is 22.2. The van der Waals surface area contributed by atoms with Gasteiger partial charge in [-0.3, -0.25) is 0 Å². The Bertz CT molecular complexity index is 749. The molecule has 0 amide bonds. The van der Waals surface area contributed by atoms with Gasteiger partial charge in [0.25, 0.3) is 0 Å². The molecule has 4 unspecified atom stereocenters. The van der Waals surface area contributed by atoms with Gasteiger partial charge in [-0.05, 0) is 55.4 Å². The lowest BCUT2D eigenvalue weighted by Gasteiger charge is -2.26. The van der Waals surface area contributed by atoms with Gasteiger partial charge < -0.3 is 57.6 Å². The Labute approximate surface area is 211 Å². The molecule has 10 atom stereocenters. The molecule has 12 heteroatoms. The second-order valence-corrected chi connectivity index (χ2v) is 11.9. The first-order valence-corrected chi connectivity index (χ1v) is 12.6. The van der Waals surface area contributed by atoms with Crippen molar-refractivity contribution < 1.29 is 57.6 Å². The molecule has 6 fully saturated rings. The van der Waals surface area contributed by atoms with Gasteiger partial charge >= 0.3 is 0 Å². The molecule has 6 heterocycles. The quantitative estimate of drug-likeness (QED) is 0.532. The predicted molar refractivity (Wildman–Crippen MR) is 119 cm³/mol. The summed E-state index contributed by atoms with van der Waals surface area (Å²) >= 11 is 0. The average molecular weight is 521 g/mol. The highest BCUT2D eigenvalue weighted by atomic mass is 16.9. The SMILES string of the molecule is CC1(C)OCC([C@H]2OC3OC(C)(C)O[C@@H]3[C@@H]2O)O1.CC1(C)OCC([C@H]2OC3OC(C)(C)O[C@@H]3[C@H]2O)O1. The van der Waals surface area contributed by atoms with E-state index in [1.807, 2.05) is 27.7 Å². The highest BCUT2D eigenvalue weighted by molar-refractivity contribution is 4.98. The molecule has 6 aliphatic rings. The maximum atomic E-state index is 10.3. The van der Waals surface area contributed by atoms with E-state index in [-0.39, 0.29) is 12.2 Å². The zero-order valence-electron chi connectivity index (χ0n) is 22.2. The number of aliphatic hydroxyl groups excluding tert-OH is 2. The van der Waals surface area contributed by atoms with Gasteiger partial charge in [0.1, 0.15) is 48.8 Å². The van der Waals surface area contributed by atoms with Crippen LogP contribution in [0.1, 0.15) is 55.4 Å². The summed E-state index contributed by atoms with van der Waals surface area (Å²) in [4.78, 5) is 0. The number of ether oxygens (including phenoxy) is 10. The Morgan fingerprint density at radius 2 is 0.833 bits per heavy atom. The van der Waals surface area contributed by atoms with Crippen LogP contribution in [0.3, 0.4) is 0 Å². The van der Waals surface area contributed by atoms with Crippen molar-refractivity contribution in [2.75, 3.05) is 13.2 Å². The van der Waals surface area contributed by atoms with Crippen molar-refractivity contribution in [1.29, 1.82) is 0 Å². The first-order valence-electron chi connectivity index (χ1n) is 12.6. The molecular formula is C24H40O12. The average Bonchev–Trinajstić information content (AvgIpc) is 3.53. The van der Waals surface area contributed by atoms with E-state index in [0.29, 0.717) is 13.2 Å². The number of hydrogen-bond acceptors (Lipinski definition) is 12. The molecule has 36 heavy (non-hydrogen) atoms. The van der Waals surface area contributed by atoms with Crippen LogP contribution in [0.2, 0.25) is 0 Å². The smallest absolute Gasteiger partial charge is 0.190 e. The molecule has 0 bridgehead atoms. The third-order valence-corrected chi connectivity index (χ3v) is 6.90. The second-order valence-electron chi connectivity index (χ2n) is 11.9. The normalized spacial score (nSPS) is 49.5. The lowest BCUT2D eigenvalue weighted by molar-refractivity contribution is -0.232. The number of hydrogen-bond donors (Lipinski definition) is 2. The van der Waals surface area contributed by atoms with E-state index in [9.17, 15) is 10.2 Å². The minimum Gasteiger partial charge on any atom is -0.387 e. The summed E-state index contributed by atoms with van der Waals surface area (Å²) in [5.41, 5.74) is 0. The lowest BCUT2D eigenvalue weighted by atomic mass is 10.1. The molecule has 0 aromatic heterocycles. The standard InChI is InChI=1S/2C12H20O6/c2*1-11(2)14-5-6(16-11)8-7(13)9-10(15-8)18-12(3,4)17-9/h2*6-10,13H,5H2,1-4H3/t6?,7-,8+,9+,10?;6?,7-,8-,9-,10?/m01/s1. The maximum absolute atomic E-state index is 10.3. The van der Waals surface area contributed by atoms with E-state index in [1.165, 1.54) is 0 Å². The van der Waals surface area contributed by atoms with Crippen molar-refractivity contribution in [1.82, 2.24) is 0 Å². The summed E-state index contributed by atoms with van der Waals surface area (Å²) < 4.78 is 56.2. The number of aliphatic hydroxyl groups is 2.